The van der Waals surface area contributed by atoms with E-state index >= 15 is 0 Å². The van der Waals surface area contributed by atoms with Crippen LogP contribution in [0, 0.1) is 40.4 Å². The van der Waals surface area contributed by atoms with Crippen LogP contribution in [0.5, 0.6) is 0 Å². The van der Waals surface area contributed by atoms with Crippen LogP contribution in [0.4, 0.5) is 0 Å². The zero-order valence-electron chi connectivity index (χ0n) is 19.2. The van der Waals surface area contributed by atoms with E-state index in [9.17, 15) is 4.79 Å². The molecule has 0 N–H and O–H groups in total. The highest BCUT2D eigenvalue weighted by atomic mass is 32.2. The Kier molecular flexibility index (Phi) is 9.82. The lowest BCUT2D eigenvalue weighted by Crippen LogP contribution is -2.38. The summed E-state index contributed by atoms with van der Waals surface area (Å²) in [6.07, 6.45) is 2.08. The van der Waals surface area contributed by atoms with Crippen molar-refractivity contribution in [2.75, 3.05) is 0 Å². The molecule has 0 saturated carbocycles. The second kappa shape index (κ2) is 9.81. The SMILES string of the molecule is CC(CC(C)C(C)C)SC(=O)C(C)(C)CC(C)(C)C(C(C)C)C(C)C. The highest BCUT2D eigenvalue weighted by Gasteiger charge is 2.41. The normalized spacial score (nSPS) is 16.2. The van der Waals surface area contributed by atoms with Gasteiger partial charge in [0.1, 0.15) is 0 Å². The van der Waals surface area contributed by atoms with Crippen molar-refractivity contribution in [3.05, 3.63) is 0 Å². The van der Waals surface area contributed by atoms with Crippen LogP contribution in [0.25, 0.3) is 0 Å². The number of carbonyl (C=O) groups is 1. The van der Waals surface area contributed by atoms with Crippen molar-refractivity contribution in [3.63, 3.8) is 0 Å². The fourth-order valence-electron chi connectivity index (χ4n) is 5.09. The fraction of sp³-hybridized carbons (Fsp3) is 0.957. The highest BCUT2D eigenvalue weighted by Crippen LogP contribution is 2.47. The third-order valence-electron chi connectivity index (χ3n) is 5.94. The van der Waals surface area contributed by atoms with E-state index in [4.69, 9.17) is 0 Å². The summed E-state index contributed by atoms with van der Waals surface area (Å²) in [5.41, 5.74) is -0.109. The molecule has 0 bridgehead atoms. The molecule has 0 aromatic rings. The maximum Gasteiger partial charge on any atom is 0.194 e. The third kappa shape index (κ3) is 8.06. The highest BCUT2D eigenvalue weighted by molar-refractivity contribution is 8.14. The summed E-state index contributed by atoms with van der Waals surface area (Å²) >= 11 is 1.58. The standard InChI is InChI=1S/C23H46OS/c1-15(2)18(7)13-19(8)25-21(24)23(11,12)14-22(9,10)20(16(3)4)17(5)6/h15-20H,13-14H2,1-12H3. The Morgan fingerprint density at radius 1 is 0.800 bits per heavy atom. The van der Waals surface area contributed by atoms with Crippen molar-refractivity contribution in [1.82, 2.24) is 0 Å². The van der Waals surface area contributed by atoms with E-state index < -0.39 is 0 Å². The van der Waals surface area contributed by atoms with Gasteiger partial charge in [0.25, 0.3) is 0 Å². The Hall–Kier alpha value is 0.0200. The molecule has 0 aromatic heterocycles. The van der Waals surface area contributed by atoms with Crippen LogP contribution in [-0.2, 0) is 4.79 Å². The van der Waals surface area contributed by atoms with Crippen LogP contribution >= 0.6 is 11.8 Å². The van der Waals surface area contributed by atoms with Crippen LogP contribution in [0.15, 0.2) is 0 Å². The smallest absolute Gasteiger partial charge is 0.194 e. The Bertz CT molecular complexity index is 398. The summed E-state index contributed by atoms with van der Waals surface area (Å²) in [6.45, 7) is 27.4. The maximum absolute atomic E-state index is 13.0. The molecular formula is C23H46OS. The van der Waals surface area contributed by atoms with Crippen molar-refractivity contribution >= 4 is 16.9 Å². The third-order valence-corrected chi connectivity index (χ3v) is 7.30. The Morgan fingerprint density at radius 2 is 1.24 bits per heavy atom. The molecule has 2 unspecified atom stereocenters. The van der Waals surface area contributed by atoms with Gasteiger partial charge in [0.2, 0.25) is 0 Å². The molecule has 0 aliphatic carbocycles. The Labute approximate surface area is 163 Å². The van der Waals surface area contributed by atoms with Crippen molar-refractivity contribution in [2.45, 2.75) is 101 Å². The summed E-state index contributed by atoms with van der Waals surface area (Å²) < 4.78 is 0. The fourth-order valence-corrected chi connectivity index (χ4v) is 6.25. The van der Waals surface area contributed by atoms with Crippen LogP contribution < -0.4 is 0 Å². The largest absolute Gasteiger partial charge is 0.287 e. The van der Waals surface area contributed by atoms with Gasteiger partial charge in [-0.05, 0) is 47.8 Å². The van der Waals surface area contributed by atoms with Gasteiger partial charge in [-0.2, -0.15) is 0 Å². The van der Waals surface area contributed by atoms with E-state index in [1.54, 1.807) is 11.8 Å². The number of hydrogen-bond acceptors (Lipinski definition) is 2. The van der Waals surface area contributed by atoms with E-state index in [1.165, 1.54) is 0 Å². The van der Waals surface area contributed by atoms with E-state index in [1.807, 2.05) is 0 Å². The first kappa shape index (κ1) is 25.0. The van der Waals surface area contributed by atoms with Gasteiger partial charge in [-0.3, -0.25) is 4.79 Å². The molecule has 2 heteroatoms. The Morgan fingerprint density at radius 3 is 1.60 bits per heavy atom. The summed E-state index contributed by atoms with van der Waals surface area (Å²) in [5, 5.41) is 0.772. The lowest BCUT2D eigenvalue weighted by molar-refractivity contribution is -0.120. The van der Waals surface area contributed by atoms with Gasteiger partial charge in [-0.1, -0.05) is 94.8 Å². The second-order valence-corrected chi connectivity index (χ2v) is 12.1. The molecule has 0 aliphatic heterocycles. The van der Waals surface area contributed by atoms with E-state index in [0.717, 1.165) is 12.8 Å². The first-order chi connectivity index (χ1) is 11.1. The number of thioether (sulfide) groups is 1. The summed E-state index contributed by atoms with van der Waals surface area (Å²) in [4.78, 5) is 13.0. The predicted molar refractivity (Wildman–Crippen MR) is 116 cm³/mol. The minimum Gasteiger partial charge on any atom is -0.287 e. The van der Waals surface area contributed by atoms with Crippen molar-refractivity contribution < 1.29 is 4.79 Å². The van der Waals surface area contributed by atoms with Crippen LogP contribution in [-0.4, -0.2) is 10.4 Å². The summed E-state index contributed by atoms with van der Waals surface area (Å²) in [7, 11) is 0. The average molecular weight is 371 g/mol. The molecule has 1 nitrogen and oxygen atoms in total. The van der Waals surface area contributed by atoms with Crippen molar-refractivity contribution in [1.29, 1.82) is 0 Å². The molecule has 0 rings (SSSR count). The minimum atomic E-state index is -0.272. The Balaban J connectivity index is 5.02. The van der Waals surface area contributed by atoms with Gasteiger partial charge in [0.15, 0.2) is 5.12 Å². The summed E-state index contributed by atoms with van der Waals surface area (Å²) in [5.74, 6) is 3.26. The predicted octanol–water partition coefficient (Wildman–Crippen LogP) is 7.69. The molecule has 2 atom stereocenters. The molecule has 0 spiro atoms. The monoisotopic (exact) mass is 370 g/mol. The zero-order valence-corrected chi connectivity index (χ0v) is 20.0. The van der Waals surface area contributed by atoms with E-state index in [2.05, 4.69) is 83.1 Å². The lowest BCUT2D eigenvalue weighted by atomic mass is 9.62. The molecular weight excluding hydrogens is 324 g/mol. The van der Waals surface area contributed by atoms with E-state index in [-0.39, 0.29) is 10.8 Å². The first-order valence-corrected chi connectivity index (χ1v) is 11.2. The molecule has 0 radical (unpaired) electrons. The van der Waals surface area contributed by atoms with Crippen molar-refractivity contribution in [2.24, 2.45) is 40.4 Å². The molecule has 0 aromatic carbocycles. The molecule has 25 heavy (non-hydrogen) atoms. The molecule has 0 aliphatic rings. The number of carbonyl (C=O) groups excluding carboxylic acids is 1. The second-order valence-electron chi connectivity index (χ2n) is 10.7. The van der Waals surface area contributed by atoms with Gasteiger partial charge >= 0.3 is 0 Å². The average Bonchev–Trinajstić information content (AvgIpc) is 2.34. The first-order valence-electron chi connectivity index (χ1n) is 10.3. The van der Waals surface area contributed by atoms with Gasteiger partial charge in [-0.15, -0.1) is 0 Å². The van der Waals surface area contributed by atoms with Gasteiger partial charge < -0.3 is 0 Å². The molecule has 150 valence electrons. The van der Waals surface area contributed by atoms with Gasteiger partial charge in [-0.25, -0.2) is 0 Å². The molecule has 0 saturated heterocycles. The molecule has 0 amide bonds. The maximum atomic E-state index is 13.0. The van der Waals surface area contributed by atoms with Gasteiger partial charge in [0.05, 0.1) is 0 Å². The molecule has 0 fully saturated rings. The van der Waals surface area contributed by atoms with Gasteiger partial charge in [0, 0.05) is 10.7 Å². The minimum absolute atomic E-state index is 0.163. The zero-order chi connectivity index (χ0) is 20.2. The summed E-state index contributed by atoms with van der Waals surface area (Å²) in [6, 6.07) is 0. The van der Waals surface area contributed by atoms with Crippen LogP contribution in [0.2, 0.25) is 0 Å². The lowest BCUT2D eigenvalue weighted by Gasteiger charge is -2.44. The van der Waals surface area contributed by atoms with Crippen molar-refractivity contribution in [3.8, 4) is 0 Å². The van der Waals surface area contributed by atoms with Crippen LogP contribution in [0.1, 0.15) is 95.9 Å². The number of hydrogen-bond donors (Lipinski definition) is 0. The van der Waals surface area contributed by atoms with Crippen LogP contribution in [0.3, 0.4) is 0 Å². The molecule has 0 heterocycles. The number of rotatable bonds is 10. The quantitative estimate of drug-likeness (QED) is 0.392. The topological polar surface area (TPSA) is 17.1 Å². The van der Waals surface area contributed by atoms with E-state index in [0.29, 0.717) is 40.0 Å².